The number of aryl methyl sites for hydroxylation is 3. The van der Waals surface area contributed by atoms with Crippen LogP contribution in [-0.2, 0) is 19.3 Å². The molecule has 296 valence electrons. The van der Waals surface area contributed by atoms with Crippen LogP contribution in [0.3, 0.4) is 0 Å². The van der Waals surface area contributed by atoms with E-state index in [4.69, 9.17) is 8.83 Å². The Bertz CT molecular complexity index is 3640. The first-order valence-corrected chi connectivity index (χ1v) is 21.8. The van der Waals surface area contributed by atoms with Crippen molar-refractivity contribution in [3.05, 3.63) is 216 Å². The van der Waals surface area contributed by atoms with Crippen LogP contribution in [0.1, 0.15) is 35.6 Å². The monoisotopic (exact) mass is 797 g/mol. The summed E-state index contributed by atoms with van der Waals surface area (Å²) in [5.74, 6) is 0. The molecule has 13 rings (SSSR count). The molecule has 2 aliphatic rings. The zero-order valence-corrected chi connectivity index (χ0v) is 34.6. The summed E-state index contributed by atoms with van der Waals surface area (Å²) in [7, 11) is 0. The van der Waals surface area contributed by atoms with Gasteiger partial charge in [-0.3, -0.25) is 0 Å². The van der Waals surface area contributed by atoms with Crippen LogP contribution in [0.2, 0.25) is 0 Å². The Hall–Kier alpha value is -7.62. The number of fused-ring (bicyclic) bond motifs is 13. The molecule has 0 atom stereocenters. The highest BCUT2D eigenvalue weighted by Crippen LogP contribution is 2.49. The summed E-state index contributed by atoms with van der Waals surface area (Å²) in [5, 5.41) is 7.37. The van der Waals surface area contributed by atoms with Gasteiger partial charge in [-0.2, -0.15) is 0 Å². The van der Waals surface area contributed by atoms with Crippen LogP contribution >= 0.6 is 0 Å². The third kappa shape index (κ3) is 5.88. The van der Waals surface area contributed by atoms with Crippen molar-refractivity contribution in [2.24, 2.45) is 0 Å². The first kappa shape index (κ1) is 36.2. The van der Waals surface area contributed by atoms with E-state index < -0.39 is 0 Å². The van der Waals surface area contributed by atoms with Gasteiger partial charge < -0.3 is 13.4 Å². The molecule has 0 N–H and O–H groups in total. The van der Waals surface area contributed by atoms with E-state index >= 15 is 0 Å². The molecule has 0 aliphatic heterocycles. The van der Waals surface area contributed by atoms with Crippen LogP contribution in [0.4, 0.5) is 0 Å². The average Bonchev–Trinajstić information content (AvgIpc) is 3.92. The van der Waals surface area contributed by atoms with Crippen molar-refractivity contribution in [1.29, 1.82) is 0 Å². The standard InChI is InChI=1S/C45H31NO.C14H12O/c1-2-4-12-29(11-3-1)30-23-26-33(27-24-30)46-39-19-7-5-15-38(39)44-40(46)28-25-32-22-21-31-13-9-16-35(42(31)43(32)44)37-18-10-17-36-34-14-6-8-20-41(34)47-45(36)37;1-2-10-7-8-14-12(9-10)11-5-3-4-6-13(11)15-14/h1,3-20,23-28H,2,21-22H2;3-9H,2H2,1H3. The van der Waals surface area contributed by atoms with Crippen molar-refractivity contribution in [2.45, 2.75) is 32.6 Å². The molecular weight excluding hydrogens is 755 g/mol. The first-order chi connectivity index (χ1) is 30.7. The Balaban J connectivity index is 0.000000230. The normalized spacial score (nSPS) is 13.4. The van der Waals surface area contributed by atoms with Crippen LogP contribution in [-0.4, -0.2) is 4.57 Å². The zero-order valence-electron chi connectivity index (χ0n) is 34.6. The summed E-state index contributed by atoms with van der Waals surface area (Å²) in [5.41, 5.74) is 19.2. The fourth-order valence-electron chi connectivity index (χ4n) is 10.0. The highest BCUT2D eigenvalue weighted by atomic mass is 16.3. The lowest BCUT2D eigenvalue weighted by molar-refractivity contribution is 0.668. The Morgan fingerprint density at radius 1 is 0.516 bits per heavy atom. The van der Waals surface area contributed by atoms with Gasteiger partial charge in [0.1, 0.15) is 22.3 Å². The summed E-state index contributed by atoms with van der Waals surface area (Å²) in [6.07, 6.45) is 15.1. The van der Waals surface area contributed by atoms with Crippen LogP contribution in [0.5, 0.6) is 0 Å². The minimum absolute atomic E-state index is 0.930. The molecule has 0 unspecified atom stereocenters. The number of para-hydroxylation sites is 4. The van der Waals surface area contributed by atoms with E-state index in [1.54, 1.807) is 0 Å². The first-order valence-electron chi connectivity index (χ1n) is 21.8. The van der Waals surface area contributed by atoms with Crippen molar-refractivity contribution in [3.8, 4) is 27.9 Å². The SMILES string of the molecule is C1=CCC=CC(c2ccc(-n3c4ccccc4c4c5c(ccc43)CCc3cccc(-c4cccc6c4oc4ccccc46)c3-5)cc2)=C1.CCc1ccc2oc3ccccc3c2c1. The molecule has 0 saturated carbocycles. The number of hydrogen-bond donors (Lipinski definition) is 0. The molecule has 3 heterocycles. The number of rotatable bonds is 4. The van der Waals surface area contributed by atoms with E-state index in [2.05, 4.69) is 187 Å². The van der Waals surface area contributed by atoms with E-state index in [-0.39, 0.29) is 0 Å². The van der Waals surface area contributed by atoms with E-state index in [0.29, 0.717) is 0 Å². The van der Waals surface area contributed by atoms with E-state index in [1.807, 2.05) is 18.2 Å². The smallest absolute Gasteiger partial charge is 0.143 e. The van der Waals surface area contributed by atoms with E-state index in [0.717, 1.165) is 64.4 Å². The molecule has 0 spiro atoms. The third-order valence-corrected chi connectivity index (χ3v) is 13.0. The van der Waals surface area contributed by atoms with Gasteiger partial charge in [0.2, 0.25) is 0 Å². The van der Waals surface area contributed by atoms with Gasteiger partial charge in [-0.25, -0.2) is 0 Å². The van der Waals surface area contributed by atoms with Crippen molar-refractivity contribution < 1.29 is 8.83 Å². The molecule has 62 heavy (non-hydrogen) atoms. The van der Waals surface area contributed by atoms with Crippen LogP contribution in [0.15, 0.2) is 203 Å². The molecule has 3 aromatic heterocycles. The molecule has 0 radical (unpaired) electrons. The number of furan rings is 2. The maximum atomic E-state index is 6.58. The number of benzene rings is 8. The molecule has 0 amide bonds. The topological polar surface area (TPSA) is 31.2 Å². The maximum Gasteiger partial charge on any atom is 0.143 e. The van der Waals surface area contributed by atoms with Crippen LogP contribution in [0.25, 0.3) is 99.2 Å². The Morgan fingerprint density at radius 2 is 1.21 bits per heavy atom. The van der Waals surface area contributed by atoms with Gasteiger partial charge in [-0.15, -0.1) is 0 Å². The fourth-order valence-corrected chi connectivity index (χ4v) is 10.0. The summed E-state index contributed by atoms with van der Waals surface area (Å²) in [6, 6.07) is 59.1. The zero-order chi connectivity index (χ0) is 41.1. The lowest BCUT2D eigenvalue weighted by Crippen LogP contribution is -2.06. The summed E-state index contributed by atoms with van der Waals surface area (Å²) in [6.45, 7) is 2.17. The van der Waals surface area contributed by atoms with Gasteiger partial charge in [-0.05, 0) is 119 Å². The molecule has 0 saturated heterocycles. The Morgan fingerprint density at radius 3 is 2.05 bits per heavy atom. The van der Waals surface area contributed by atoms with Crippen molar-refractivity contribution in [3.63, 3.8) is 0 Å². The second kappa shape index (κ2) is 14.8. The van der Waals surface area contributed by atoms with Crippen LogP contribution < -0.4 is 0 Å². The molecule has 11 aromatic rings. The number of nitrogens with zero attached hydrogens (tertiary/aromatic N) is 1. The van der Waals surface area contributed by atoms with Crippen LogP contribution in [0, 0.1) is 0 Å². The molecule has 2 aliphatic carbocycles. The molecular formula is C59H43NO2. The maximum absolute atomic E-state index is 6.58. The quantitative estimate of drug-likeness (QED) is 0.178. The van der Waals surface area contributed by atoms with Gasteiger partial charge >= 0.3 is 0 Å². The Kier molecular flexibility index (Phi) is 8.67. The second-order valence-electron chi connectivity index (χ2n) is 16.5. The second-order valence-corrected chi connectivity index (χ2v) is 16.5. The lowest BCUT2D eigenvalue weighted by Gasteiger charge is -2.24. The minimum atomic E-state index is 0.930. The van der Waals surface area contributed by atoms with Gasteiger partial charge in [0, 0.05) is 43.6 Å². The average molecular weight is 798 g/mol. The van der Waals surface area contributed by atoms with Gasteiger partial charge in [0.15, 0.2) is 0 Å². The largest absolute Gasteiger partial charge is 0.456 e. The molecule has 3 nitrogen and oxygen atoms in total. The predicted octanol–water partition coefficient (Wildman–Crippen LogP) is 16.2. The third-order valence-electron chi connectivity index (χ3n) is 13.0. The van der Waals surface area contributed by atoms with Gasteiger partial charge in [0.05, 0.1) is 11.0 Å². The van der Waals surface area contributed by atoms with Crippen molar-refractivity contribution in [1.82, 2.24) is 4.57 Å². The van der Waals surface area contributed by atoms with Gasteiger partial charge in [-0.1, -0.05) is 153 Å². The molecule has 0 fully saturated rings. The fraction of sp³-hybridized carbons (Fsp3) is 0.0847. The van der Waals surface area contributed by atoms with Gasteiger partial charge in [0.25, 0.3) is 0 Å². The van der Waals surface area contributed by atoms with Crippen molar-refractivity contribution in [2.75, 3.05) is 0 Å². The Labute approximate surface area is 360 Å². The summed E-state index contributed by atoms with van der Waals surface area (Å²) >= 11 is 0. The summed E-state index contributed by atoms with van der Waals surface area (Å²) in [4.78, 5) is 0. The number of allylic oxidation sites excluding steroid dienone is 6. The predicted molar refractivity (Wildman–Crippen MR) is 260 cm³/mol. The van der Waals surface area contributed by atoms with E-state index in [1.165, 1.54) is 82.8 Å². The number of aromatic nitrogens is 1. The highest BCUT2D eigenvalue weighted by molar-refractivity contribution is 6.19. The lowest BCUT2D eigenvalue weighted by atomic mass is 9.79. The highest BCUT2D eigenvalue weighted by Gasteiger charge is 2.27. The summed E-state index contributed by atoms with van der Waals surface area (Å²) < 4.78 is 14.8. The minimum Gasteiger partial charge on any atom is -0.456 e. The molecule has 8 aromatic carbocycles. The van der Waals surface area contributed by atoms with Crippen molar-refractivity contribution >= 4 is 71.3 Å². The number of hydrogen-bond acceptors (Lipinski definition) is 2. The molecule has 3 heteroatoms. The molecule has 0 bridgehead atoms. The van der Waals surface area contributed by atoms with E-state index in [9.17, 15) is 0 Å².